The number of nitrogens with one attached hydrogen (secondary N) is 1. The number of hydrogen-bond donors (Lipinski definition) is 3. The van der Waals surface area contributed by atoms with Crippen LogP contribution in [0.15, 0.2) is 36.4 Å². The molecule has 0 atom stereocenters. The highest BCUT2D eigenvalue weighted by Gasteiger charge is 2.17. The van der Waals surface area contributed by atoms with Crippen molar-refractivity contribution in [3.63, 3.8) is 0 Å². The van der Waals surface area contributed by atoms with Gasteiger partial charge < -0.3 is 21.0 Å². The number of anilines is 2. The number of aliphatic carboxylic acids is 1. The van der Waals surface area contributed by atoms with Crippen molar-refractivity contribution in [2.24, 2.45) is 11.1 Å². The molecular formula is C20H25ClFN3O5. The molecule has 0 saturated carbocycles. The van der Waals surface area contributed by atoms with Crippen LogP contribution < -0.4 is 11.1 Å². The fraction of sp³-hybridized carbons (Fsp3) is 0.350. The number of nitrogens with zero attached hydrogens (tertiary/aromatic N) is 1. The van der Waals surface area contributed by atoms with E-state index in [1.54, 1.807) is 32.0 Å². The van der Waals surface area contributed by atoms with Crippen LogP contribution in [0.4, 0.5) is 15.8 Å². The highest BCUT2D eigenvalue weighted by molar-refractivity contribution is 6.33. The minimum absolute atomic E-state index is 0.0521. The van der Waals surface area contributed by atoms with Crippen LogP contribution in [0.1, 0.15) is 25.0 Å². The molecule has 0 heterocycles. The summed E-state index contributed by atoms with van der Waals surface area (Å²) in [5.74, 6) is -1.43. The van der Waals surface area contributed by atoms with Gasteiger partial charge in [0.1, 0.15) is 12.4 Å². The number of benzene rings is 2. The number of hydrogen-bond acceptors (Lipinski definition) is 6. The second kappa shape index (κ2) is 11.3. The Bertz CT molecular complexity index is 872. The van der Waals surface area contributed by atoms with Crippen molar-refractivity contribution < 1.29 is 24.2 Å². The minimum atomic E-state index is -0.946. The molecule has 0 fully saturated rings. The van der Waals surface area contributed by atoms with Gasteiger partial charge in [-0.1, -0.05) is 49.2 Å². The maximum Gasteiger partial charge on any atom is 0.307 e. The van der Waals surface area contributed by atoms with Gasteiger partial charge in [0.15, 0.2) is 0 Å². The van der Waals surface area contributed by atoms with Gasteiger partial charge in [0, 0.05) is 11.1 Å². The Morgan fingerprint density at radius 1 is 1.37 bits per heavy atom. The first-order chi connectivity index (χ1) is 13.9. The molecule has 0 aliphatic carbocycles. The van der Waals surface area contributed by atoms with Gasteiger partial charge in [0.25, 0.3) is 5.09 Å². The number of halogens is 2. The summed E-state index contributed by atoms with van der Waals surface area (Å²) >= 11 is 5.95. The van der Waals surface area contributed by atoms with E-state index in [9.17, 15) is 19.3 Å². The summed E-state index contributed by atoms with van der Waals surface area (Å²) in [6.45, 7) is 5.90. The molecule has 0 spiro atoms. The first-order valence-electron chi connectivity index (χ1n) is 8.95. The maximum atomic E-state index is 13.7. The van der Waals surface area contributed by atoms with E-state index in [2.05, 4.69) is 10.2 Å². The molecule has 0 amide bonds. The Kier molecular flexibility index (Phi) is 9.48. The average molecular weight is 442 g/mol. The molecular weight excluding hydrogens is 417 g/mol. The lowest BCUT2D eigenvalue weighted by molar-refractivity contribution is -0.760. The highest BCUT2D eigenvalue weighted by Crippen LogP contribution is 2.30. The van der Waals surface area contributed by atoms with Crippen LogP contribution in [0.2, 0.25) is 5.02 Å². The van der Waals surface area contributed by atoms with Gasteiger partial charge in [-0.2, -0.15) is 0 Å². The summed E-state index contributed by atoms with van der Waals surface area (Å²) in [4.78, 5) is 24.7. The van der Waals surface area contributed by atoms with Crippen molar-refractivity contribution in [3.05, 3.63) is 68.5 Å². The molecule has 2 rings (SSSR count). The SMILES string of the molecule is CC(C)(CN)CO[N+](=O)[O-].Cc1ccc(Nc2c(F)cccc2Cl)c(CC(=O)O)c1. The molecule has 8 nitrogen and oxygen atoms in total. The monoisotopic (exact) mass is 441 g/mol. The Hall–Kier alpha value is -2.91. The summed E-state index contributed by atoms with van der Waals surface area (Å²) < 4.78 is 13.7. The van der Waals surface area contributed by atoms with Crippen molar-refractivity contribution in [2.45, 2.75) is 27.2 Å². The second-order valence-corrected chi connectivity index (χ2v) is 7.73. The van der Waals surface area contributed by atoms with Crippen LogP contribution in [0.25, 0.3) is 0 Å². The quantitative estimate of drug-likeness (QED) is 0.410. The van der Waals surface area contributed by atoms with Crippen LogP contribution in [0.3, 0.4) is 0 Å². The summed E-state index contributed by atoms with van der Waals surface area (Å²) in [6.07, 6.45) is -0.143. The lowest BCUT2D eigenvalue weighted by Gasteiger charge is -2.19. The third-order valence-electron chi connectivity index (χ3n) is 3.94. The molecule has 164 valence electrons. The summed E-state index contributed by atoms with van der Waals surface area (Å²) in [6, 6.07) is 9.66. The zero-order valence-corrected chi connectivity index (χ0v) is 17.7. The lowest BCUT2D eigenvalue weighted by Crippen LogP contribution is -2.29. The van der Waals surface area contributed by atoms with Gasteiger partial charge in [-0.3, -0.25) is 4.79 Å². The molecule has 0 bridgehead atoms. The van der Waals surface area contributed by atoms with E-state index < -0.39 is 16.9 Å². The lowest BCUT2D eigenvalue weighted by atomic mass is 9.96. The van der Waals surface area contributed by atoms with Crippen molar-refractivity contribution in [1.82, 2.24) is 0 Å². The van der Waals surface area contributed by atoms with Gasteiger partial charge in [0.2, 0.25) is 0 Å². The number of carboxylic acid groups (broad SMARTS) is 1. The van der Waals surface area contributed by atoms with Crippen molar-refractivity contribution >= 4 is 28.9 Å². The predicted octanol–water partition coefficient (Wildman–Crippen LogP) is 4.34. The van der Waals surface area contributed by atoms with Crippen LogP contribution in [0, 0.1) is 28.3 Å². The number of nitrogens with two attached hydrogens (primary N) is 1. The fourth-order valence-corrected chi connectivity index (χ4v) is 2.40. The van der Waals surface area contributed by atoms with Crippen LogP contribution >= 0.6 is 11.6 Å². The standard InChI is InChI=1S/C15H13ClFNO2.C5H12N2O3/c1-9-5-6-13(10(7-9)8-14(19)20)18-15-11(16)3-2-4-12(15)17;1-5(2,3-6)4-10-7(8)9/h2-7,18H,8H2,1H3,(H,19,20);3-4,6H2,1-2H3. The molecule has 0 unspecified atom stereocenters. The first kappa shape index (κ1) is 25.1. The third-order valence-corrected chi connectivity index (χ3v) is 4.25. The van der Waals surface area contributed by atoms with Crippen LogP contribution in [-0.2, 0) is 16.1 Å². The molecule has 0 radical (unpaired) electrons. The molecule has 0 aliphatic heterocycles. The number of carboxylic acids is 1. The zero-order valence-electron chi connectivity index (χ0n) is 16.9. The molecule has 4 N–H and O–H groups in total. The Morgan fingerprint density at radius 3 is 2.57 bits per heavy atom. The van der Waals surface area contributed by atoms with Gasteiger partial charge in [-0.05, 0) is 37.2 Å². The fourth-order valence-electron chi connectivity index (χ4n) is 2.19. The molecule has 0 aromatic heterocycles. The predicted molar refractivity (Wildman–Crippen MR) is 113 cm³/mol. The van der Waals surface area contributed by atoms with Crippen molar-refractivity contribution in [1.29, 1.82) is 0 Å². The second-order valence-electron chi connectivity index (χ2n) is 7.32. The molecule has 10 heteroatoms. The summed E-state index contributed by atoms with van der Waals surface area (Å²) in [7, 11) is 0. The van der Waals surface area contributed by atoms with Crippen molar-refractivity contribution in [2.75, 3.05) is 18.5 Å². The maximum absolute atomic E-state index is 13.7. The van der Waals surface area contributed by atoms with E-state index in [-0.39, 0.29) is 29.2 Å². The molecule has 0 aliphatic rings. The van der Waals surface area contributed by atoms with Gasteiger partial charge in [-0.25, -0.2) is 4.39 Å². The number of rotatable bonds is 8. The smallest absolute Gasteiger partial charge is 0.307 e. The minimum Gasteiger partial charge on any atom is -0.481 e. The summed E-state index contributed by atoms with van der Waals surface area (Å²) in [5, 5.41) is 20.9. The topological polar surface area (TPSA) is 128 Å². The molecule has 2 aromatic rings. The normalized spacial score (nSPS) is 10.6. The molecule has 30 heavy (non-hydrogen) atoms. The first-order valence-corrected chi connectivity index (χ1v) is 9.32. The average Bonchev–Trinajstić information content (AvgIpc) is 2.65. The van der Waals surface area contributed by atoms with E-state index in [1.165, 1.54) is 12.1 Å². The number of para-hydroxylation sites is 1. The number of carbonyl (C=O) groups is 1. The Labute approximate surface area is 178 Å². The van der Waals surface area contributed by atoms with E-state index in [0.29, 0.717) is 17.8 Å². The Morgan fingerprint density at radius 2 is 2.03 bits per heavy atom. The van der Waals surface area contributed by atoms with Crippen LogP contribution in [-0.4, -0.2) is 29.3 Å². The van der Waals surface area contributed by atoms with E-state index in [1.807, 2.05) is 13.0 Å². The summed E-state index contributed by atoms with van der Waals surface area (Å²) in [5.41, 5.74) is 7.17. The highest BCUT2D eigenvalue weighted by atomic mass is 35.5. The van der Waals surface area contributed by atoms with Gasteiger partial charge in [-0.15, -0.1) is 10.1 Å². The van der Waals surface area contributed by atoms with E-state index in [4.69, 9.17) is 22.4 Å². The van der Waals surface area contributed by atoms with Gasteiger partial charge >= 0.3 is 5.97 Å². The molecule has 2 aromatic carbocycles. The largest absolute Gasteiger partial charge is 0.481 e. The van der Waals surface area contributed by atoms with Crippen LogP contribution in [0.5, 0.6) is 0 Å². The Balaban J connectivity index is 0.000000382. The molecule has 0 saturated heterocycles. The zero-order chi connectivity index (χ0) is 22.9. The third kappa shape index (κ3) is 8.62. The van der Waals surface area contributed by atoms with Crippen molar-refractivity contribution in [3.8, 4) is 0 Å². The van der Waals surface area contributed by atoms with E-state index >= 15 is 0 Å². The number of aryl methyl sites for hydroxylation is 1. The van der Waals surface area contributed by atoms with Gasteiger partial charge in [0.05, 0.1) is 17.1 Å². The van der Waals surface area contributed by atoms with E-state index in [0.717, 1.165) is 5.56 Å².